The summed E-state index contributed by atoms with van der Waals surface area (Å²) in [6.45, 7) is 2.99. The fourth-order valence-electron chi connectivity index (χ4n) is 2.03. The summed E-state index contributed by atoms with van der Waals surface area (Å²) in [5, 5.41) is 4.31. The summed E-state index contributed by atoms with van der Waals surface area (Å²) in [6.07, 6.45) is 6.23. The van der Waals surface area contributed by atoms with E-state index in [4.69, 9.17) is 4.74 Å². The van der Waals surface area contributed by atoms with Gasteiger partial charge in [0.2, 0.25) is 0 Å². The molecule has 3 heteroatoms. The molecule has 0 bridgehead atoms. The van der Waals surface area contributed by atoms with E-state index < -0.39 is 0 Å². The molecule has 0 spiro atoms. The first-order valence-electron chi connectivity index (χ1n) is 5.39. The molecule has 0 radical (unpaired) electrons. The average molecular weight is 201 g/mol. The number of ether oxygens (including phenoxy) is 1. The van der Waals surface area contributed by atoms with Crippen LogP contribution in [-0.4, -0.2) is 36.8 Å². The average Bonchev–Trinajstić information content (AvgIpc) is 2.69. The first-order valence-corrected chi connectivity index (χ1v) is 6.44. The Hall–Kier alpha value is 0.270. The van der Waals surface area contributed by atoms with Crippen LogP contribution in [0.2, 0.25) is 0 Å². The smallest absolute Gasteiger partial charge is 0.0790 e. The maximum absolute atomic E-state index is 5.65. The Balaban J connectivity index is 1.60. The van der Waals surface area contributed by atoms with Crippen LogP contribution < -0.4 is 5.32 Å². The maximum Gasteiger partial charge on any atom is 0.0790 e. The Morgan fingerprint density at radius 1 is 1.31 bits per heavy atom. The predicted molar refractivity (Wildman–Crippen MR) is 57.3 cm³/mol. The molecule has 0 amide bonds. The zero-order chi connectivity index (χ0) is 8.93. The molecule has 0 aromatic rings. The van der Waals surface area contributed by atoms with Gasteiger partial charge in [0.05, 0.1) is 12.7 Å². The van der Waals surface area contributed by atoms with Gasteiger partial charge < -0.3 is 10.1 Å². The van der Waals surface area contributed by atoms with E-state index in [1.807, 2.05) is 0 Å². The summed E-state index contributed by atoms with van der Waals surface area (Å²) < 4.78 is 5.65. The van der Waals surface area contributed by atoms with Crippen molar-refractivity contribution in [3.05, 3.63) is 0 Å². The summed E-state index contributed by atoms with van der Waals surface area (Å²) in [5.74, 6) is 1.19. The number of hydrogen-bond acceptors (Lipinski definition) is 3. The van der Waals surface area contributed by atoms with Crippen LogP contribution in [0.3, 0.4) is 0 Å². The molecule has 1 unspecified atom stereocenters. The first kappa shape index (κ1) is 9.81. The van der Waals surface area contributed by atoms with Crippen molar-refractivity contribution < 1.29 is 4.74 Å². The van der Waals surface area contributed by atoms with E-state index in [2.05, 4.69) is 17.1 Å². The van der Waals surface area contributed by atoms with Crippen molar-refractivity contribution in [1.82, 2.24) is 5.32 Å². The molecular weight excluding hydrogens is 182 g/mol. The van der Waals surface area contributed by atoms with E-state index in [1.165, 1.54) is 31.4 Å². The van der Waals surface area contributed by atoms with Crippen LogP contribution in [-0.2, 0) is 4.74 Å². The molecule has 1 saturated carbocycles. The van der Waals surface area contributed by atoms with Gasteiger partial charge in [-0.15, -0.1) is 0 Å². The van der Waals surface area contributed by atoms with Gasteiger partial charge in [0, 0.05) is 24.1 Å². The molecule has 1 heterocycles. The number of hydrogen-bond donors (Lipinski definition) is 1. The monoisotopic (exact) mass is 201 g/mol. The van der Waals surface area contributed by atoms with Crippen molar-refractivity contribution in [3.8, 4) is 0 Å². The zero-order valence-electron chi connectivity index (χ0n) is 8.13. The van der Waals surface area contributed by atoms with E-state index in [9.17, 15) is 0 Å². The lowest BCUT2D eigenvalue weighted by molar-refractivity contribution is 0.0440. The SMILES string of the molecule is C1CCC(SCC2CNCCO2)C1. The van der Waals surface area contributed by atoms with Gasteiger partial charge in [-0.25, -0.2) is 0 Å². The summed E-state index contributed by atoms with van der Waals surface area (Å²) in [7, 11) is 0. The molecule has 1 saturated heterocycles. The Labute approximate surface area is 84.8 Å². The highest BCUT2D eigenvalue weighted by molar-refractivity contribution is 7.99. The number of nitrogens with one attached hydrogen (secondary N) is 1. The zero-order valence-corrected chi connectivity index (χ0v) is 8.94. The molecule has 76 valence electrons. The van der Waals surface area contributed by atoms with Crippen LogP contribution >= 0.6 is 11.8 Å². The molecule has 2 fully saturated rings. The second-order valence-corrected chi connectivity index (χ2v) is 5.27. The molecule has 13 heavy (non-hydrogen) atoms. The summed E-state index contributed by atoms with van der Waals surface area (Å²) in [5.41, 5.74) is 0. The van der Waals surface area contributed by atoms with E-state index in [0.29, 0.717) is 6.10 Å². The Morgan fingerprint density at radius 3 is 2.85 bits per heavy atom. The van der Waals surface area contributed by atoms with Gasteiger partial charge in [0.25, 0.3) is 0 Å². The summed E-state index contributed by atoms with van der Waals surface area (Å²) in [6, 6.07) is 0. The molecular formula is C10H19NOS. The lowest BCUT2D eigenvalue weighted by Crippen LogP contribution is -2.40. The first-order chi connectivity index (χ1) is 6.45. The third-order valence-corrected chi connectivity index (χ3v) is 4.33. The molecule has 1 N–H and O–H groups in total. The van der Waals surface area contributed by atoms with Gasteiger partial charge in [0.1, 0.15) is 0 Å². The normalized spacial score (nSPS) is 30.9. The van der Waals surface area contributed by atoms with E-state index in [-0.39, 0.29) is 0 Å². The fraction of sp³-hybridized carbons (Fsp3) is 1.00. The third-order valence-electron chi connectivity index (χ3n) is 2.82. The van der Waals surface area contributed by atoms with Crippen LogP contribution in [0.1, 0.15) is 25.7 Å². The van der Waals surface area contributed by atoms with Gasteiger partial charge in [-0.05, 0) is 12.8 Å². The van der Waals surface area contributed by atoms with Crippen molar-refractivity contribution in [2.45, 2.75) is 37.0 Å². The largest absolute Gasteiger partial charge is 0.375 e. The van der Waals surface area contributed by atoms with Crippen LogP contribution in [0.15, 0.2) is 0 Å². The van der Waals surface area contributed by atoms with Crippen LogP contribution in [0.25, 0.3) is 0 Å². The molecule has 0 aromatic carbocycles. The molecule has 1 aliphatic heterocycles. The van der Waals surface area contributed by atoms with E-state index in [0.717, 1.165) is 24.9 Å². The topological polar surface area (TPSA) is 21.3 Å². The lowest BCUT2D eigenvalue weighted by atomic mass is 10.3. The number of rotatable bonds is 3. The minimum Gasteiger partial charge on any atom is -0.375 e. The Bertz CT molecular complexity index is 142. The highest BCUT2D eigenvalue weighted by atomic mass is 32.2. The van der Waals surface area contributed by atoms with Crippen molar-refractivity contribution in [3.63, 3.8) is 0 Å². The quantitative estimate of drug-likeness (QED) is 0.750. The van der Waals surface area contributed by atoms with Gasteiger partial charge in [-0.2, -0.15) is 11.8 Å². The van der Waals surface area contributed by atoms with Crippen LogP contribution in [0, 0.1) is 0 Å². The predicted octanol–water partition coefficient (Wildman–Crippen LogP) is 1.65. The molecule has 0 aromatic heterocycles. The number of thioether (sulfide) groups is 1. The standard InChI is InChI=1S/C10H19NOS/c1-2-4-10(3-1)13-8-9-7-11-5-6-12-9/h9-11H,1-8H2. The van der Waals surface area contributed by atoms with Crippen molar-refractivity contribution in [2.24, 2.45) is 0 Å². The van der Waals surface area contributed by atoms with Gasteiger partial charge in [-0.1, -0.05) is 12.8 Å². The minimum absolute atomic E-state index is 0.472. The second kappa shape index (κ2) is 5.23. The molecule has 1 atom stereocenters. The van der Waals surface area contributed by atoms with E-state index in [1.54, 1.807) is 0 Å². The molecule has 2 aliphatic rings. The van der Waals surface area contributed by atoms with Crippen molar-refractivity contribution in [1.29, 1.82) is 0 Å². The van der Waals surface area contributed by atoms with Crippen molar-refractivity contribution in [2.75, 3.05) is 25.4 Å². The van der Waals surface area contributed by atoms with Gasteiger partial charge >= 0.3 is 0 Å². The van der Waals surface area contributed by atoms with Crippen molar-refractivity contribution >= 4 is 11.8 Å². The summed E-state index contributed by atoms with van der Waals surface area (Å²) in [4.78, 5) is 0. The summed E-state index contributed by atoms with van der Waals surface area (Å²) >= 11 is 2.13. The Morgan fingerprint density at radius 2 is 2.15 bits per heavy atom. The second-order valence-electron chi connectivity index (χ2n) is 3.94. The highest BCUT2D eigenvalue weighted by Gasteiger charge is 2.19. The van der Waals surface area contributed by atoms with Gasteiger partial charge in [0.15, 0.2) is 0 Å². The highest BCUT2D eigenvalue weighted by Crippen LogP contribution is 2.30. The molecule has 1 aliphatic carbocycles. The minimum atomic E-state index is 0.472. The number of morpholine rings is 1. The van der Waals surface area contributed by atoms with Crippen LogP contribution in [0.4, 0.5) is 0 Å². The molecule has 2 nitrogen and oxygen atoms in total. The van der Waals surface area contributed by atoms with E-state index >= 15 is 0 Å². The third kappa shape index (κ3) is 3.15. The lowest BCUT2D eigenvalue weighted by Gasteiger charge is -2.24. The molecule has 2 rings (SSSR count). The van der Waals surface area contributed by atoms with Crippen LogP contribution in [0.5, 0.6) is 0 Å². The fourth-order valence-corrected chi connectivity index (χ4v) is 3.39. The maximum atomic E-state index is 5.65. The van der Waals surface area contributed by atoms with Gasteiger partial charge in [-0.3, -0.25) is 0 Å². The Kier molecular flexibility index (Phi) is 3.94.